The zero-order valence-corrected chi connectivity index (χ0v) is 11.9. The van der Waals surface area contributed by atoms with E-state index in [2.05, 4.69) is 0 Å². The summed E-state index contributed by atoms with van der Waals surface area (Å²) in [5.41, 5.74) is 0.718. The van der Waals surface area contributed by atoms with E-state index < -0.39 is 0 Å². The van der Waals surface area contributed by atoms with E-state index in [0.717, 1.165) is 24.2 Å². The topological polar surface area (TPSA) is 42.7 Å². The summed E-state index contributed by atoms with van der Waals surface area (Å²) in [4.78, 5) is 14.7. The number of hydrogen-bond acceptors (Lipinski definition) is 3. The summed E-state index contributed by atoms with van der Waals surface area (Å²) in [6.45, 7) is 1.92. The van der Waals surface area contributed by atoms with Gasteiger partial charge in [0.2, 0.25) is 0 Å². The lowest BCUT2D eigenvalue weighted by Gasteiger charge is -2.34. The number of hydrogen-bond donors (Lipinski definition) is 0. The standard InChI is InChI=1S/C17H19NO3/c19-17(14-5-2-1-3-6-14)18(13-16-7-4-10-21-16)15-8-11-20-12-9-15/h1-7,10,15H,8-9,11-13H2. The monoisotopic (exact) mass is 285 g/mol. The number of nitrogens with zero attached hydrogens (tertiary/aromatic N) is 1. The molecule has 1 aromatic carbocycles. The van der Waals surface area contributed by atoms with Gasteiger partial charge < -0.3 is 14.1 Å². The molecule has 4 nitrogen and oxygen atoms in total. The van der Waals surface area contributed by atoms with E-state index in [-0.39, 0.29) is 11.9 Å². The van der Waals surface area contributed by atoms with Gasteiger partial charge in [-0.2, -0.15) is 0 Å². The molecule has 0 unspecified atom stereocenters. The van der Waals surface area contributed by atoms with Gasteiger partial charge in [-0.25, -0.2) is 0 Å². The highest BCUT2D eigenvalue weighted by molar-refractivity contribution is 5.94. The van der Waals surface area contributed by atoms with Crippen LogP contribution in [0.3, 0.4) is 0 Å². The normalized spacial score (nSPS) is 15.8. The average molecular weight is 285 g/mol. The van der Waals surface area contributed by atoms with Gasteiger partial charge in [0.05, 0.1) is 12.8 Å². The molecule has 2 heterocycles. The Morgan fingerprint density at radius 3 is 2.52 bits per heavy atom. The molecular weight excluding hydrogens is 266 g/mol. The third-order valence-corrected chi connectivity index (χ3v) is 3.82. The smallest absolute Gasteiger partial charge is 0.254 e. The molecular formula is C17H19NO3. The van der Waals surface area contributed by atoms with Crippen LogP contribution in [0.4, 0.5) is 0 Å². The number of rotatable bonds is 4. The lowest BCUT2D eigenvalue weighted by Crippen LogP contribution is -2.42. The van der Waals surface area contributed by atoms with Gasteiger partial charge in [-0.1, -0.05) is 18.2 Å². The number of furan rings is 1. The molecule has 0 spiro atoms. The van der Waals surface area contributed by atoms with Gasteiger partial charge in [0.1, 0.15) is 5.76 Å². The van der Waals surface area contributed by atoms with Crippen molar-refractivity contribution < 1.29 is 13.9 Å². The lowest BCUT2D eigenvalue weighted by atomic mass is 10.0. The van der Waals surface area contributed by atoms with E-state index in [1.165, 1.54) is 0 Å². The second-order valence-corrected chi connectivity index (χ2v) is 5.22. The maximum absolute atomic E-state index is 12.8. The molecule has 4 heteroatoms. The third-order valence-electron chi connectivity index (χ3n) is 3.82. The van der Waals surface area contributed by atoms with Crippen LogP contribution >= 0.6 is 0 Å². The van der Waals surface area contributed by atoms with Crippen molar-refractivity contribution in [2.24, 2.45) is 0 Å². The zero-order valence-electron chi connectivity index (χ0n) is 11.9. The number of carbonyl (C=O) groups excluding carboxylic acids is 1. The predicted octanol–water partition coefficient (Wildman–Crippen LogP) is 3.10. The van der Waals surface area contributed by atoms with Crippen molar-refractivity contribution in [3.63, 3.8) is 0 Å². The molecule has 1 fully saturated rings. The lowest BCUT2D eigenvalue weighted by molar-refractivity contribution is 0.0250. The van der Waals surface area contributed by atoms with Gasteiger partial charge in [0, 0.05) is 24.8 Å². The van der Waals surface area contributed by atoms with Crippen LogP contribution < -0.4 is 0 Å². The van der Waals surface area contributed by atoms with Gasteiger partial charge in [0.25, 0.3) is 5.91 Å². The van der Waals surface area contributed by atoms with E-state index in [4.69, 9.17) is 9.15 Å². The summed E-state index contributed by atoms with van der Waals surface area (Å²) in [6, 6.07) is 13.4. The number of ether oxygens (including phenoxy) is 1. The van der Waals surface area contributed by atoms with Crippen LogP contribution in [0.5, 0.6) is 0 Å². The Kier molecular flexibility index (Phi) is 4.36. The Bertz CT molecular complexity index is 559. The maximum atomic E-state index is 12.8. The van der Waals surface area contributed by atoms with E-state index >= 15 is 0 Å². The van der Waals surface area contributed by atoms with Crippen LogP contribution in [0, 0.1) is 0 Å². The minimum Gasteiger partial charge on any atom is -0.467 e. The molecule has 0 atom stereocenters. The fourth-order valence-corrected chi connectivity index (χ4v) is 2.68. The first kappa shape index (κ1) is 13.9. The Balaban J connectivity index is 1.82. The first-order valence-corrected chi connectivity index (χ1v) is 7.31. The highest BCUT2D eigenvalue weighted by Gasteiger charge is 2.27. The largest absolute Gasteiger partial charge is 0.467 e. The molecule has 1 aliphatic rings. The minimum absolute atomic E-state index is 0.0545. The minimum atomic E-state index is 0.0545. The van der Waals surface area contributed by atoms with Crippen molar-refractivity contribution in [3.05, 3.63) is 60.1 Å². The third kappa shape index (κ3) is 3.34. The molecule has 0 N–H and O–H groups in total. The fourth-order valence-electron chi connectivity index (χ4n) is 2.68. The molecule has 1 aliphatic heterocycles. The van der Waals surface area contributed by atoms with Gasteiger partial charge in [-0.05, 0) is 37.1 Å². The second-order valence-electron chi connectivity index (χ2n) is 5.22. The van der Waals surface area contributed by atoms with Gasteiger partial charge >= 0.3 is 0 Å². The van der Waals surface area contributed by atoms with Gasteiger partial charge in [-0.3, -0.25) is 4.79 Å². The molecule has 0 aliphatic carbocycles. The predicted molar refractivity (Wildman–Crippen MR) is 78.9 cm³/mol. The van der Waals surface area contributed by atoms with E-state index in [9.17, 15) is 4.79 Å². The first-order valence-electron chi connectivity index (χ1n) is 7.31. The quantitative estimate of drug-likeness (QED) is 0.867. The van der Waals surface area contributed by atoms with Gasteiger partial charge in [-0.15, -0.1) is 0 Å². The Hall–Kier alpha value is -2.07. The summed E-state index contributed by atoms with van der Waals surface area (Å²) in [5.74, 6) is 0.865. The number of amides is 1. The summed E-state index contributed by atoms with van der Waals surface area (Å²) in [7, 11) is 0. The summed E-state index contributed by atoms with van der Waals surface area (Å²) >= 11 is 0. The molecule has 1 amide bonds. The highest BCUT2D eigenvalue weighted by atomic mass is 16.5. The van der Waals surface area contributed by atoms with Crippen molar-refractivity contribution in [3.8, 4) is 0 Å². The van der Waals surface area contributed by atoms with Crippen molar-refractivity contribution in [1.82, 2.24) is 4.90 Å². The Morgan fingerprint density at radius 1 is 1.10 bits per heavy atom. The molecule has 0 saturated carbocycles. The molecule has 1 aromatic heterocycles. The SMILES string of the molecule is O=C(c1ccccc1)N(Cc1ccco1)C1CCOCC1. The zero-order chi connectivity index (χ0) is 14.5. The number of benzene rings is 1. The molecule has 0 radical (unpaired) electrons. The van der Waals surface area contributed by atoms with Crippen LogP contribution in [-0.2, 0) is 11.3 Å². The van der Waals surface area contributed by atoms with E-state index in [1.54, 1.807) is 6.26 Å². The molecule has 1 saturated heterocycles. The fraction of sp³-hybridized carbons (Fsp3) is 0.353. The van der Waals surface area contributed by atoms with Crippen molar-refractivity contribution in [1.29, 1.82) is 0 Å². The molecule has 110 valence electrons. The summed E-state index contributed by atoms with van der Waals surface area (Å²) < 4.78 is 10.8. The van der Waals surface area contributed by atoms with E-state index in [0.29, 0.717) is 19.8 Å². The van der Waals surface area contributed by atoms with Crippen molar-refractivity contribution in [2.45, 2.75) is 25.4 Å². The summed E-state index contributed by atoms with van der Waals surface area (Å²) in [5, 5.41) is 0. The second kappa shape index (κ2) is 6.59. The van der Waals surface area contributed by atoms with Crippen LogP contribution in [0.25, 0.3) is 0 Å². The molecule has 3 rings (SSSR count). The van der Waals surface area contributed by atoms with Crippen LogP contribution in [0.15, 0.2) is 53.1 Å². The molecule has 2 aromatic rings. The Morgan fingerprint density at radius 2 is 1.86 bits per heavy atom. The average Bonchev–Trinajstić information content (AvgIpc) is 3.07. The molecule has 21 heavy (non-hydrogen) atoms. The Labute approximate surface area is 124 Å². The van der Waals surface area contributed by atoms with Crippen LogP contribution in [0.2, 0.25) is 0 Å². The van der Waals surface area contributed by atoms with Crippen molar-refractivity contribution in [2.75, 3.05) is 13.2 Å². The van der Waals surface area contributed by atoms with Crippen LogP contribution in [0.1, 0.15) is 29.0 Å². The number of carbonyl (C=O) groups is 1. The molecule has 0 bridgehead atoms. The van der Waals surface area contributed by atoms with Crippen molar-refractivity contribution >= 4 is 5.91 Å². The maximum Gasteiger partial charge on any atom is 0.254 e. The summed E-state index contributed by atoms with van der Waals surface area (Å²) in [6.07, 6.45) is 3.39. The van der Waals surface area contributed by atoms with E-state index in [1.807, 2.05) is 47.4 Å². The first-order chi connectivity index (χ1) is 10.3. The van der Waals surface area contributed by atoms with Crippen LogP contribution in [-0.4, -0.2) is 30.1 Å². The van der Waals surface area contributed by atoms with Gasteiger partial charge in [0.15, 0.2) is 0 Å². The highest BCUT2D eigenvalue weighted by Crippen LogP contribution is 2.20.